The van der Waals surface area contributed by atoms with E-state index >= 15 is 0 Å². The van der Waals surface area contributed by atoms with Crippen molar-refractivity contribution in [2.24, 2.45) is 0 Å². The van der Waals surface area contributed by atoms with E-state index in [0.29, 0.717) is 11.4 Å². The van der Waals surface area contributed by atoms with Crippen LogP contribution in [-0.4, -0.2) is 54.5 Å². The molecule has 0 bridgehead atoms. The maximum absolute atomic E-state index is 14.3. The number of para-hydroxylation sites is 2. The monoisotopic (exact) mass is 600 g/mol. The van der Waals surface area contributed by atoms with Gasteiger partial charge in [0.15, 0.2) is 0 Å². The number of aromatic carboxylic acids is 1. The van der Waals surface area contributed by atoms with Gasteiger partial charge >= 0.3 is 5.97 Å². The van der Waals surface area contributed by atoms with E-state index in [0.717, 1.165) is 21.9 Å². The summed E-state index contributed by atoms with van der Waals surface area (Å²) in [5, 5.41) is 17.1. The predicted octanol–water partition coefficient (Wildman–Crippen LogP) is 4.55. The maximum atomic E-state index is 14.3. The van der Waals surface area contributed by atoms with Crippen LogP contribution in [0.15, 0.2) is 84.9 Å². The first-order valence-corrected chi connectivity index (χ1v) is 13.7. The molecule has 0 saturated heterocycles. The molecule has 0 radical (unpaired) electrons. The average molecular weight is 601 g/mol. The Labute approximate surface area is 255 Å². The molecule has 2 atom stereocenters. The summed E-state index contributed by atoms with van der Waals surface area (Å²) in [4.78, 5) is 55.8. The molecule has 0 saturated carbocycles. The first kappa shape index (κ1) is 31.2. The Hall–Kier alpha value is -4.73. The third-order valence-corrected chi connectivity index (χ3v) is 7.75. The highest BCUT2D eigenvalue weighted by Crippen LogP contribution is 2.36. The summed E-state index contributed by atoms with van der Waals surface area (Å²) < 4.78 is 0. The quantitative estimate of drug-likeness (QED) is 0.286. The van der Waals surface area contributed by atoms with E-state index in [1.54, 1.807) is 43.1 Å². The minimum absolute atomic E-state index is 0. The molecule has 1 aliphatic rings. The number of carbonyl (C=O) groups excluding carboxylic acids is 3. The van der Waals surface area contributed by atoms with Crippen molar-refractivity contribution < 1.29 is 24.3 Å². The summed E-state index contributed by atoms with van der Waals surface area (Å²) in [6.45, 7) is 3.81. The Kier molecular flexibility index (Phi) is 9.48. The lowest BCUT2D eigenvalue weighted by Gasteiger charge is -2.27. The molecule has 5 rings (SSSR count). The van der Waals surface area contributed by atoms with Crippen LogP contribution in [0.25, 0.3) is 10.8 Å². The maximum Gasteiger partial charge on any atom is 0.335 e. The number of nitrogens with one attached hydrogen (secondary N) is 2. The summed E-state index contributed by atoms with van der Waals surface area (Å²) >= 11 is 0. The molecule has 43 heavy (non-hydrogen) atoms. The van der Waals surface area contributed by atoms with E-state index in [9.17, 15) is 24.3 Å². The molecule has 0 aliphatic carbocycles. The van der Waals surface area contributed by atoms with Crippen LogP contribution in [0, 0.1) is 6.92 Å². The molecule has 1 aliphatic heterocycles. The van der Waals surface area contributed by atoms with Crippen molar-refractivity contribution >= 4 is 58.2 Å². The Bertz CT molecular complexity index is 1690. The molecule has 3 N–H and O–H groups in total. The molecule has 10 heteroatoms. The highest BCUT2D eigenvalue weighted by molar-refractivity contribution is 6.13. The number of nitrogens with zero attached hydrogens (tertiary/aromatic N) is 2. The van der Waals surface area contributed by atoms with E-state index in [4.69, 9.17) is 0 Å². The number of fused-ring (bicyclic) bond motifs is 2. The van der Waals surface area contributed by atoms with E-state index in [1.807, 2.05) is 43.3 Å². The Balaban J connectivity index is 0.00000423. The van der Waals surface area contributed by atoms with Crippen molar-refractivity contribution in [2.75, 3.05) is 23.4 Å². The van der Waals surface area contributed by atoms with Gasteiger partial charge in [0.2, 0.25) is 5.91 Å². The molecular weight excluding hydrogens is 568 g/mol. The second-order valence-corrected chi connectivity index (χ2v) is 10.4. The molecule has 4 aromatic carbocycles. The molecule has 9 nitrogen and oxygen atoms in total. The molecule has 0 fully saturated rings. The lowest BCUT2D eigenvalue weighted by Crippen LogP contribution is -2.55. The first-order valence-electron chi connectivity index (χ1n) is 13.7. The van der Waals surface area contributed by atoms with Gasteiger partial charge in [0.1, 0.15) is 6.04 Å². The van der Waals surface area contributed by atoms with Crippen molar-refractivity contribution in [3.8, 4) is 0 Å². The van der Waals surface area contributed by atoms with Gasteiger partial charge in [-0.1, -0.05) is 48.5 Å². The number of amides is 3. The van der Waals surface area contributed by atoms with E-state index < -0.39 is 24.0 Å². The van der Waals surface area contributed by atoms with Crippen LogP contribution in [-0.2, 0) is 16.1 Å². The zero-order chi connectivity index (χ0) is 30.0. The number of aryl methyl sites for hydroxylation is 1. The summed E-state index contributed by atoms with van der Waals surface area (Å²) in [6, 6.07) is 23.2. The molecule has 222 valence electrons. The van der Waals surface area contributed by atoms with Gasteiger partial charge in [-0.15, -0.1) is 12.4 Å². The van der Waals surface area contributed by atoms with Crippen LogP contribution in [0.3, 0.4) is 0 Å². The van der Waals surface area contributed by atoms with Gasteiger partial charge in [0.25, 0.3) is 11.8 Å². The van der Waals surface area contributed by atoms with Gasteiger partial charge in [-0.2, -0.15) is 0 Å². The second kappa shape index (κ2) is 13.1. The predicted molar refractivity (Wildman–Crippen MR) is 169 cm³/mol. The second-order valence-electron chi connectivity index (χ2n) is 10.4. The van der Waals surface area contributed by atoms with Crippen molar-refractivity contribution in [1.29, 1.82) is 0 Å². The van der Waals surface area contributed by atoms with Gasteiger partial charge in [0, 0.05) is 5.56 Å². The van der Waals surface area contributed by atoms with Crippen molar-refractivity contribution in [3.63, 3.8) is 0 Å². The normalized spacial score (nSPS) is 15.2. The van der Waals surface area contributed by atoms with E-state index in [2.05, 4.69) is 10.6 Å². The number of hydrogen-bond acceptors (Lipinski definition) is 5. The average Bonchev–Trinajstić information content (AvgIpc) is 3.12. The Morgan fingerprint density at radius 3 is 2.21 bits per heavy atom. The molecule has 1 heterocycles. The van der Waals surface area contributed by atoms with Crippen molar-refractivity contribution in [1.82, 2.24) is 10.6 Å². The largest absolute Gasteiger partial charge is 0.478 e. The lowest BCUT2D eigenvalue weighted by atomic mass is 9.99. The molecule has 0 unspecified atom stereocenters. The SMILES string of the molecule is CN[C@@H](C)C(=O)N[C@H]1CN(C(=O)c2ccc(C(=O)O)cc2)c2ccccc2N(Cc2c(C)ccc3ccccc23)C1=O.Cl. The minimum Gasteiger partial charge on any atom is -0.478 e. The van der Waals surface area contributed by atoms with Crippen LogP contribution in [0.5, 0.6) is 0 Å². The van der Waals surface area contributed by atoms with Crippen LogP contribution >= 0.6 is 12.4 Å². The van der Waals surface area contributed by atoms with Gasteiger partial charge in [-0.3, -0.25) is 14.4 Å². The Morgan fingerprint density at radius 2 is 1.53 bits per heavy atom. The fraction of sp³-hybridized carbons (Fsp3) is 0.212. The van der Waals surface area contributed by atoms with Gasteiger partial charge < -0.3 is 25.5 Å². The van der Waals surface area contributed by atoms with E-state index in [-0.39, 0.29) is 48.4 Å². The number of benzene rings is 4. The molecule has 4 aromatic rings. The lowest BCUT2D eigenvalue weighted by molar-refractivity contribution is -0.128. The highest BCUT2D eigenvalue weighted by atomic mass is 35.5. The van der Waals surface area contributed by atoms with E-state index in [1.165, 1.54) is 29.2 Å². The number of carboxylic acids is 1. The zero-order valence-corrected chi connectivity index (χ0v) is 24.9. The summed E-state index contributed by atoms with van der Waals surface area (Å²) in [5.41, 5.74) is 3.33. The highest BCUT2D eigenvalue weighted by Gasteiger charge is 2.38. The van der Waals surface area contributed by atoms with Crippen LogP contribution in [0.2, 0.25) is 0 Å². The number of likely N-dealkylation sites (N-methyl/N-ethyl adjacent to an activating group) is 1. The number of rotatable bonds is 7. The molecule has 0 spiro atoms. The van der Waals surface area contributed by atoms with Crippen LogP contribution < -0.4 is 20.4 Å². The van der Waals surface area contributed by atoms with Gasteiger partial charge in [-0.25, -0.2) is 4.79 Å². The van der Waals surface area contributed by atoms with Gasteiger partial charge in [0.05, 0.1) is 36.1 Å². The standard InChI is InChI=1S/C33H32N4O5.ClH/c1-20-12-13-22-8-4-5-9-25(22)26(20)18-36-28-10-6-7-11-29(28)37(19-27(32(36)40)35-30(38)21(2)34-3)31(39)23-14-16-24(17-15-23)33(41)42;/h4-17,21,27,34H,18-19H2,1-3H3,(H,35,38)(H,41,42);1H/t21-,27-;/m0./s1. The molecule has 0 aromatic heterocycles. The topological polar surface area (TPSA) is 119 Å². The smallest absolute Gasteiger partial charge is 0.335 e. The fourth-order valence-electron chi connectivity index (χ4n) is 5.20. The number of halogens is 1. The summed E-state index contributed by atoms with van der Waals surface area (Å²) in [7, 11) is 1.65. The molecule has 3 amide bonds. The summed E-state index contributed by atoms with van der Waals surface area (Å²) in [5.74, 6) is -2.24. The van der Waals surface area contributed by atoms with Crippen LogP contribution in [0.4, 0.5) is 11.4 Å². The van der Waals surface area contributed by atoms with Crippen LogP contribution in [0.1, 0.15) is 38.8 Å². The fourth-order valence-corrected chi connectivity index (χ4v) is 5.20. The summed E-state index contributed by atoms with van der Waals surface area (Å²) in [6.07, 6.45) is 0. The number of carboxylic acid groups (broad SMARTS) is 1. The number of hydrogen-bond donors (Lipinski definition) is 3. The number of carbonyl (C=O) groups is 4. The van der Waals surface area contributed by atoms with Gasteiger partial charge in [-0.05, 0) is 79.2 Å². The number of anilines is 2. The molecular formula is C33H33ClN4O5. The Morgan fingerprint density at radius 1 is 0.907 bits per heavy atom. The van der Waals surface area contributed by atoms with Crippen molar-refractivity contribution in [3.05, 3.63) is 107 Å². The first-order chi connectivity index (χ1) is 20.2. The van der Waals surface area contributed by atoms with Crippen molar-refractivity contribution in [2.45, 2.75) is 32.5 Å². The zero-order valence-electron chi connectivity index (χ0n) is 24.0. The minimum atomic E-state index is -1.10. The third kappa shape index (κ3) is 6.23. The third-order valence-electron chi connectivity index (χ3n) is 7.75.